The van der Waals surface area contributed by atoms with Gasteiger partial charge in [-0.1, -0.05) is 0 Å². The third-order valence-electron chi connectivity index (χ3n) is 3.08. The summed E-state index contributed by atoms with van der Waals surface area (Å²) in [6.07, 6.45) is 1.90. The number of amidine groups is 1. The van der Waals surface area contributed by atoms with Gasteiger partial charge in [-0.3, -0.25) is 0 Å². The number of rotatable bonds is 1. The van der Waals surface area contributed by atoms with E-state index < -0.39 is 0 Å². The fraction of sp³-hybridized carbons (Fsp3) is 0.778. The van der Waals surface area contributed by atoms with Crippen molar-refractivity contribution in [1.29, 1.82) is 0 Å². The molecule has 0 atom stereocenters. The molecule has 1 spiro atoms. The third kappa shape index (κ3) is 1.22. The maximum Gasteiger partial charge on any atom is 0.346 e. The van der Waals surface area contributed by atoms with Crippen LogP contribution in [0.1, 0.15) is 19.8 Å². The first-order chi connectivity index (χ1) is 6.70. The summed E-state index contributed by atoms with van der Waals surface area (Å²) < 4.78 is 0. The Balaban J connectivity index is 2.30. The average molecular weight is 213 g/mol. The minimum absolute atomic E-state index is 0.156. The van der Waals surface area contributed by atoms with Crippen molar-refractivity contribution in [3.8, 4) is 0 Å². The zero-order valence-electron chi connectivity index (χ0n) is 8.32. The van der Waals surface area contributed by atoms with Crippen LogP contribution in [0, 0.1) is 0 Å². The molecule has 2 aliphatic rings. The topological polar surface area (TPSA) is 58.7 Å². The summed E-state index contributed by atoms with van der Waals surface area (Å²) in [6.45, 7) is 2.68. The molecule has 0 unspecified atom stereocenters. The maximum atomic E-state index is 11.5. The summed E-state index contributed by atoms with van der Waals surface area (Å²) in [6, 6.07) is -0.156. The monoisotopic (exact) mass is 213 g/mol. The van der Waals surface area contributed by atoms with E-state index in [2.05, 4.69) is 4.99 Å². The zero-order chi connectivity index (χ0) is 10.2. The van der Waals surface area contributed by atoms with Crippen molar-refractivity contribution < 1.29 is 4.79 Å². The number of likely N-dealkylation sites (N-methyl/N-ethyl adjacent to an activating group) is 1. The number of nitrogens with two attached hydrogens (primary N) is 1. The molecule has 0 bridgehead atoms. The van der Waals surface area contributed by atoms with Crippen LogP contribution >= 0.6 is 11.8 Å². The number of urea groups is 1. The van der Waals surface area contributed by atoms with Crippen LogP contribution in [-0.4, -0.2) is 40.4 Å². The first-order valence-electron chi connectivity index (χ1n) is 4.95. The van der Waals surface area contributed by atoms with E-state index in [9.17, 15) is 4.79 Å². The normalized spacial score (nSPS) is 25.6. The SMILES string of the molecule is CCN1C(=O)N=C(N)C12CCSCC2. The second-order valence-corrected chi connectivity index (χ2v) is 4.89. The molecule has 0 saturated carbocycles. The molecule has 4 nitrogen and oxygen atoms in total. The Bertz CT molecular complexity index is 284. The number of hydrogen-bond donors (Lipinski definition) is 1. The van der Waals surface area contributed by atoms with Crippen molar-refractivity contribution in [1.82, 2.24) is 4.90 Å². The molecule has 1 fully saturated rings. The summed E-state index contributed by atoms with van der Waals surface area (Å²) >= 11 is 1.92. The van der Waals surface area contributed by atoms with Gasteiger partial charge in [0.2, 0.25) is 0 Å². The third-order valence-corrected chi connectivity index (χ3v) is 4.06. The van der Waals surface area contributed by atoms with E-state index in [4.69, 9.17) is 5.73 Å². The van der Waals surface area contributed by atoms with E-state index in [-0.39, 0.29) is 11.6 Å². The van der Waals surface area contributed by atoms with Crippen LogP contribution in [-0.2, 0) is 0 Å². The molecule has 2 amide bonds. The van der Waals surface area contributed by atoms with Crippen LogP contribution in [0.15, 0.2) is 4.99 Å². The molecule has 2 N–H and O–H groups in total. The highest BCUT2D eigenvalue weighted by Gasteiger charge is 2.47. The predicted octanol–water partition coefficient (Wildman–Crippen LogP) is 1.06. The molecular weight excluding hydrogens is 198 g/mol. The lowest BCUT2D eigenvalue weighted by Gasteiger charge is -2.40. The lowest BCUT2D eigenvalue weighted by atomic mass is 9.90. The number of thioether (sulfide) groups is 1. The van der Waals surface area contributed by atoms with Crippen molar-refractivity contribution in [3.63, 3.8) is 0 Å². The Morgan fingerprint density at radius 1 is 1.57 bits per heavy atom. The summed E-state index contributed by atoms with van der Waals surface area (Å²) in [5.41, 5.74) is 5.64. The second-order valence-electron chi connectivity index (χ2n) is 3.67. The zero-order valence-corrected chi connectivity index (χ0v) is 9.14. The van der Waals surface area contributed by atoms with E-state index in [1.165, 1.54) is 0 Å². The van der Waals surface area contributed by atoms with Crippen molar-refractivity contribution in [2.75, 3.05) is 18.1 Å². The summed E-state index contributed by atoms with van der Waals surface area (Å²) in [7, 11) is 0. The van der Waals surface area contributed by atoms with Gasteiger partial charge in [-0.2, -0.15) is 16.8 Å². The fourth-order valence-electron chi connectivity index (χ4n) is 2.26. The number of carbonyl (C=O) groups excluding carboxylic acids is 1. The Morgan fingerprint density at radius 2 is 2.21 bits per heavy atom. The second kappa shape index (κ2) is 3.46. The van der Waals surface area contributed by atoms with E-state index in [1.54, 1.807) is 0 Å². The molecule has 78 valence electrons. The van der Waals surface area contributed by atoms with Gasteiger partial charge in [-0.05, 0) is 31.3 Å². The first-order valence-corrected chi connectivity index (χ1v) is 6.10. The van der Waals surface area contributed by atoms with E-state index in [1.807, 2.05) is 23.6 Å². The van der Waals surface area contributed by atoms with Gasteiger partial charge < -0.3 is 10.6 Å². The number of hydrogen-bond acceptors (Lipinski definition) is 3. The number of aliphatic imine (C=N–C) groups is 1. The predicted molar refractivity (Wildman–Crippen MR) is 58.7 cm³/mol. The smallest absolute Gasteiger partial charge is 0.346 e. The van der Waals surface area contributed by atoms with Gasteiger partial charge in [0.15, 0.2) is 0 Å². The molecule has 0 aromatic heterocycles. The average Bonchev–Trinajstić information content (AvgIpc) is 2.40. The van der Waals surface area contributed by atoms with Gasteiger partial charge in [0.25, 0.3) is 0 Å². The van der Waals surface area contributed by atoms with Gasteiger partial charge in [0.1, 0.15) is 11.4 Å². The van der Waals surface area contributed by atoms with Crippen LogP contribution in [0.5, 0.6) is 0 Å². The molecule has 5 heteroatoms. The Hall–Kier alpha value is -0.710. The first kappa shape index (κ1) is 9.83. The van der Waals surface area contributed by atoms with Crippen LogP contribution < -0.4 is 5.73 Å². The highest BCUT2D eigenvalue weighted by atomic mass is 32.2. The Labute approximate surface area is 87.9 Å². The standard InChI is InChI=1S/C9H15N3OS/c1-2-12-8(13)11-7(10)9(12)3-5-14-6-4-9/h2-6H2,1H3,(H2,10,11,13). The maximum absolute atomic E-state index is 11.5. The van der Waals surface area contributed by atoms with E-state index >= 15 is 0 Å². The quantitative estimate of drug-likeness (QED) is 0.708. The molecule has 2 rings (SSSR count). The minimum atomic E-state index is -0.239. The van der Waals surface area contributed by atoms with Crippen molar-refractivity contribution in [3.05, 3.63) is 0 Å². The van der Waals surface area contributed by atoms with E-state index in [0.717, 1.165) is 24.3 Å². The van der Waals surface area contributed by atoms with Crippen molar-refractivity contribution in [2.24, 2.45) is 10.7 Å². The fourth-order valence-corrected chi connectivity index (χ4v) is 3.43. The number of carbonyl (C=O) groups is 1. The van der Waals surface area contributed by atoms with Crippen LogP contribution in [0.3, 0.4) is 0 Å². The molecule has 14 heavy (non-hydrogen) atoms. The molecule has 0 aromatic carbocycles. The number of amides is 2. The van der Waals surface area contributed by atoms with Gasteiger partial charge >= 0.3 is 6.03 Å². The van der Waals surface area contributed by atoms with Crippen LogP contribution in [0.4, 0.5) is 4.79 Å². The Morgan fingerprint density at radius 3 is 2.79 bits per heavy atom. The van der Waals surface area contributed by atoms with Gasteiger partial charge in [0.05, 0.1) is 0 Å². The summed E-state index contributed by atoms with van der Waals surface area (Å²) in [4.78, 5) is 17.3. The molecule has 2 aliphatic heterocycles. The molecular formula is C9H15N3OS. The molecule has 0 aromatic rings. The molecule has 0 radical (unpaired) electrons. The van der Waals surface area contributed by atoms with E-state index in [0.29, 0.717) is 12.4 Å². The van der Waals surface area contributed by atoms with Crippen LogP contribution in [0.2, 0.25) is 0 Å². The lowest BCUT2D eigenvalue weighted by molar-refractivity contribution is 0.169. The van der Waals surface area contributed by atoms with Crippen LogP contribution in [0.25, 0.3) is 0 Å². The number of nitrogens with zero attached hydrogens (tertiary/aromatic N) is 2. The van der Waals surface area contributed by atoms with Crippen molar-refractivity contribution in [2.45, 2.75) is 25.3 Å². The van der Waals surface area contributed by atoms with Gasteiger partial charge in [0, 0.05) is 6.54 Å². The summed E-state index contributed by atoms with van der Waals surface area (Å²) in [5, 5.41) is 0. The van der Waals surface area contributed by atoms with Gasteiger partial charge in [-0.25, -0.2) is 4.79 Å². The molecule has 2 heterocycles. The van der Waals surface area contributed by atoms with Crippen molar-refractivity contribution >= 4 is 23.6 Å². The lowest BCUT2D eigenvalue weighted by Crippen LogP contribution is -2.56. The molecule has 1 saturated heterocycles. The highest BCUT2D eigenvalue weighted by Crippen LogP contribution is 2.36. The summed E-state index contributed by atoms with van der Waals surface area (Å²) in [5.74, 6) is 2.67. The Kier molecular flexibility index (Phi) is 2.43. The molecule has 0 aliphatic carbocycles. The largest absolute Gasteiger partial charge is 0.385 e. The highest BCUT2D eigenvalue weighted by molar-refractivity contribution is 7.99. The van der Waals surface area contributed by atoms with Gasteiger partial charge in [-0.15, -0.1) is 0 Å². The minimum Gasteiger partial charge on any atom is -0.385 e.